The van der Waals surface area contributed by atoms with Gasteiger partial charge in [0.05, 0.1) is 0 Å². The second-order valence-electron chi connectivity index (χ2n) is 4.43. The molecule has 0 spiro atoms. The van der Waals surface area contributed by atoms with Crippen molar-refractivity contribution in [1.29, 1.82) is 0 Å². The fraction of sp³-hybridized carbons (Fsp3) is 0.143. The van der Waals surface area contributed by atoms with Crippen LogP contribution in [0.15, 0.2) is 41.3 Å². The van der Waals surface area contributed by atoms with Gasteiger partial charge in [0.2, 0.25) is 10.0 Å². The molecule has 0 fully saturated rings. The number of rotatable bonds is 4. The number of nitrogens with two attached hydrogens (primary N) is 1. The van der Waals surface area contributed by atoms with Crippen molar-refractivity contribution in [3.05, 3.63) is 47.8 Å². The van der Waals surface area contributed by atoms with Gasteiger partial charge in [0, 0.05) is 5.69 Å². The monoisotopic (exact) mass is 310 g/mol. The van der Waals surface area contributed by atoms with Gasteiger partial charge in [-0.15, -0.1) is 0 Å². The minimum absolute atomic E-state index is 0.0769. The van der Waals surface area contributed by atoms with Gasteiger partial charge in [-0.3, -0.25) is 0 Å². The summed E-state index contributed by atoms with van der Waals surface area (Å²) in [6.07, 6.45) is 0. The van der Waals surface area contributed by atoms with Crippen LogP contribution in [0.25, 0.3) is 0 Å². The van der Waals surface area contributed by atoms with Crippen LogP contribution >= 0.6 is 0 Å². The van der Waals surface area contributed by atoms with Gasteiger partial charge >= 0.3 is 0 Å². The number of sulfonamides is 1. The Kier molecular flexibility index (Phi) is 4.15. The zero-order chi connectivity index (χ0) is 15.6. The summed E-state index contributed by atoms with van der Waals surface area (Å²) in [5.41, 5.74) is 6.32. The van der Waals surface area contributed by atoms with Gasteiger partial charge in [-0.25, -0.2) is 17.5 Å². The highest BCUT2D eigenvalue weighted by Gasteiger charge is 2.19. The summed E-state index contributed by atoms with van der Waals surface area (Å²) in [5.74, 6) is 0.0958. The Morgan fingerprint density at radius 3 is 2.52 bits per heavy atom. The van der Waals surface area contributed by atoms with E-state index >= 15 is 0 Å². The number of anilines is 1. The van der Waals surface area contributed by atoms with Crippen LogP contribution in [-0.2, 0) is 10.0 Å². The van der Waals surface area contributed by atoms with Crippen molar-refractivity contribution < 1.29 is 17.5 Å². The van der Waals surface area contributed by atoms with E-state index in [0.717, 1.165) is 0 Å². The molecule has 0 bridgehead atoms. The van der Waals surface area contributed by atoms with Crippen LogP contribution < -0.4 is 15.2 Å². The normalized spacial score (nSPS) is 11.4. The maximum atomic E-state index is 13.2. The molecule has 2 aromatic rings. The van der Waals surface area contributed by atoms with Crippen molar-refractivity contribution in [2.75, 3.05) is 12.8 Å². The van der Waals surface area contributed by atoms with Crippen LogP contribution in [0, 0.1) is 12.7 Å². The number of nitrogen functional groups attached to an aromatic ring is 1. The highest BCUT2D eigenvalue weighted by molar-refractivity contribution is 7.89. The first-order valence-corrected chi connectivity index (χ1v) is 7.59. The van der Waals surface area contributed by atoms with Crippen molar-refractivity contribution in [1.82, 2.24) is 4.72 Å². The SMILES string of the molecule is CNS(=O)(=O)c1cc(N)ccc1Oc1ccc(F)c(C)c1. The Morgan fingerprint density at radius 2 is 1.90 bits per heavy atom. The van der Waals surface area contributed by atoms with Gasteiger partial charge < -0.3 is 10.5 Å². The van der Waals surface area contributed by atoms with Gasteiger partial charge in [-0.1, -0.05) is 0 Å². The number of halogens is 1. The highest BCUT2D eigenvalue weighted by Crippen LogP contribution is 2.31. The molecule has 5 nitrogen and oxygen atoms in total. The molecular formula is C14H15FN2O3S. The van der Waals surface area contributed by atoms with E-state index in [-0.39, 0.29) is 16.5 Å². The Labute approximate surface area is 122 Å². The molecular weight excluding hydrogens is 295 g/mol. The third kappa shape index (κ3) is 3.32. The van der Waals surface area contributed by atoms with Crippen LogP contribution in [0.1, 0.15) is 5.56 Å². The van der Waals surface area contributed by atoms with E-state index in [1.807, 2.05) is 0 Å². The maximum Gasteiger partial charge on any atom is 0.244 e. The second kappa shape index (κ2) is 5.71. The zero-order valence-corrected chi connectivity index (χ0v) is 12.4. The molecule has 0 radical (unpaired) electrons. The van der Waals surface area contributed by atoms with E-state index in [1.165, 1.54) is 43.4 Å². The minimum atomic E-state index is -3.72. The van der Waals surface area contributed by atoms with Gasteiger partial charge in [0.25, 0.3) is 0 Å². The molecule has 0 unspecified atom stereocenters. The molecule has 2 aromatic carbocycles. The topological polar surface area (TPSA) is 81.4 Å². The number of aryl methyl sites for hydroxylation is 1. The van der Waals surface area contributed by atoms with Crippen molar-refractivity contribution >= 4 is 15.7 Å². The largest absolute Gasteiger partial charge is 0.456 e. The van der Waals surface area contributed by atoms with E-state index in [1.54, 1.807) is 6.92 Å². The lowest BCUT2D eigenvalue weighted by molar-refractivity contribution is 0.464. The number of ether oxygens (including phenoxy) is 1. The van der Waals surface area contributed by atoms with Gasteiger partial charge in [0.15, 0.2) is 0 Å². The van der Waals surface area contributed by atoms with Crippen LogP contribution in [0.2, 0.25) is 0 Å². The van der Waals surface area contributed by atoms with Crippen molar-refractivity contribution in [3.63, 3.8) is 0 Å². The molecule has 21 heavy (non-hydrogen) atoms. The fourth-order valence-electron chi connectivity index (χ4n) is 1.74. The zero-order valence-electron chi connectivity index (χ0n) is 11.6. The summed E-state index contributed by atoms with van der Waals surface area (Å²) >= 11 is 0. The van der Waals surface area contributed by atoms with E-state index in [2.05, 4.69) is 4.72 Å². The third-order valence-electron chi connectivity index (χ3n) is 2.88. The molecule has 0 aromatic heterocycles. The molecule has 0 aliphatic rings. The first-order valence-electron chi connectivity index (χ1n) is 6.10. The lowest BCUT2D eigenvalue weighted by Crippen LogP contribution is -2.19. The Hall–Kier alpha value is -2.12. The smallest absolute Gasteiger partial charge is 0.244 e. The molecule has 0 aliphatic carbocycles. The minimum Gasteiger partial charge on any atom is -0.456 e. The quantitative estimate of drug-likeness (QED) is 0.850. The molecule has 2 rings (SSSR count). The predicted molar refractivity (Wildman–Crippen MR) is 78.3 cm³/mol. The first kappa shape index (κ1) is 15.3. The number of hydrogen-bond acceptors (Lipinski definition) is 4. The second-order valence-corrected chi connectivity index (χ2v) is 6.28. The first-order chi connectivity index (χ1) is 9.83. The van der Waals surface area contributed by atoms with E-state index in [4.69, 9.17) is 10.5 Å². The molecule has 0 saturated heterocycles. The van der Waals surface area contributed by atoms with E-state index in [0.29, 0.717) is 17.0 Å². The van der Waals surface area contributed by atoms with Crippen molar-refractivity contribution in [2.24, 2.45) is 0 Å². The average Bonchev–Trinajstić information content (AvgIpc) is 2.44. The van der Waals surface area contributed by atoms with Crippen LogP contribution in [0.4, 0.5) is 10.1 Å². The van der Waals surface area contributed by atoms with Crippen LogP contribution in [0.5, 0.6) is 11.5 Å². The standard InChI is InChI=1S/C14H15FN2O3S/c1-9-7-11(4-5-12(9)15)20-13-6-3-10(16)8-14(13)21(18,19)17-2/h3-8,17H,16H2,1-2H3. The van der Waals surface area contributed by atoms with E-state index in [9.17, 15) is 12.8 Å². The average molecular weight is 310 g/mol. The number of nitrogens with one attached hydrogen (secondary N) is 1. The summed E-state index contributed by atoms with van der Waals surface area (Å²) in [6.45, 7) is 1.59. The summed E-state index contributed by atoms with van der Waals surface area (Å²) in [5, 5.41) is 0. The van der Waals surface area contributed by atoms with Gasteiger partial charge in [-0.05, 0) is 55.9 Å². The molecule has 3 N–H and O–H groups in total. The van der Waals surface area contributed by atoms with Crippen LogP contribution in [-0.4, -0.2) is 15.5 Å². The van der Waals surface area contributed by atoms with Crippen molar-refractivity contribution in [3.8, 4) is 11.5 Å². The molecule has 0 atom stereocenters. The van der Waals surface area contributed by atoms with Gasteiger partial charge in [-0.2, -0.15) is 0 Å². The lowest BCUT2D eigenvalue weighted by atomic mass is 10.2. The maximum absolute atomic E-state index is 13.2. The molecule has 0 heterocycles. The predicted octanol–water partition coefficient (Wildman–Crippen LogP) is 2.42. The molecule has 7 heteroatoms. The molecule has 112 valence electrons. The summed E-state index contributed by atoms with van der Waals surface area (Å²) in [4.78, 5) is -0.0769. The Balaban J connectivity index is 2.47. The fourth-order valence-corrected chi connectivity index (χ4v) is 2.62. The lowest BCUT2D eigenvalue weighted by Gasteiger charge is -2.12. The summed E-state index contributed by atoms with van der Waals surface area (Å²) in [7, 11) is -2.42. The van der Waals surface area contributed by atoms with E-state index < -0.39 is 10.0 Å². The number of benzene rings is 2. The molecule has 0 amide bonds. The number of hydrogen-bond donors (Lipinski definition) is 2. The molecule has 0 saturated carbocycles. The van der Waals surface area contributed by atoms with Crippen LogP contribution in [0.3, 0.4) is 0 Å². The Bertz CT molecular complexity index is 776. The third-order valence-corrected chi connectivity index (χ3v) is 4.32. The summed E-state index contributed by atoms with van der Waals surface area (Å²) in [6, 6.07) is 8.46. The van der Waals surface area contributed by atoms with Crippen molar-refractivity contribution in [2.45, 2.75) is 11.8 Å². The summed E-state index contributed by atoms with van der Waals surface area (Å²) < 4.78 is 44.9. The highest BCUT2D eigenvalue weighted by atomic mass is 32.2. The molecule has 0 aliphatic heterocycles. The Morgan fingerprint density at radius 1 is 1.19 bits per heavy atom. The van der Waals surface area contributed by atoms with Gasteiger partial charge in [0.1, 0.15) is 22.2 Å².